The lowest BCUT2D eigenvalue weighted by atomic mass is 10.2. The van der Waals surface area contributed by atoms with Crippen LogP contribution in [-0.4, -0.2) is 12.6 Å². The first-order chi connectivity index (χ1) is 8.24. The molecule has 0 radical (unpaired) electrons. The van der Waals surface area contributed by atoms with Gasteiger partial charge in [-0.25, -0.2) is 0 Å². The van der Waals surface area contributed by atoms with Gasteiger partial charge in [0, 0.05) is 15.8 Å². The van der Waals surface area contributed by atoms with E-state index in [1.54, 1.807) is 11.3 Å². The Morgan fingerprint density at radius 1 is 1.29 bits per heavy atom. The molecule has 92 valence electrons. The van der Waals surface area contributed by atoms with Crippen LogP contribution >= 0.6 is 22.7 Å². The molecule has 3 heteroatoms. The maximum absolute atomic E-state index is 3.59. The number of hydrogen-bond acceptors (Lipinski definition) is 3. The molecule has 0 amide bonds. The van der Waals surface area contributed by atoms with E-state index in [9.17, 15) is 0 Å². The lowest BCUT2D eigenvalue weighted by molar-refractivity contribution is 0.552. The Kier molecular flexibility index (Phi) is 4.77. The largest absolute Gasteiger partial charge is 0.314 e. The third-order valence-electron chi connectivity index (χ3n) is 2.79. The molecule has 2 aromatic rings. The van der Waals surface area contributed by atoms with Crippen LogP contribution in [0.5, 0.6) is 0 Å². The summed E-state index contributed by atoms with van der Waals surface area (Å²) in [6.45, 7) is 5.51. The summed E-state index contributed by atoms with van der Waals surface area (Å²) in [5.41, 5.74) is 1.45. The number of nitrogens with one attached hydrogen (secondary N) is 1. The van der Waals surface area contributed by atoms with Crippen LogP contribution in [0.25, 0.3) is 0 Å². The molecule has 0 aromatic carbocycles. The van der Waals surface area contributed by atoms with Gasteiger partial charge in [-0.2, -0.15) is 11.3 Å². The van der Waals surface area contributed by atoms with Crippen molar-refractivity contribution in [2.75, 3.05) is 6.54 Å². The summed E-state index contributed by atoms with van der Waals surface area (Å²) in [7, 11) is 0. The zero-order valence-electron chi connectivity index (χ0n) is 10.4. The zero-order valence-corrected chi connectivity index (χ0v) is 12.0. The number of aryl methyl sites for hydroxylation is 1. The molecule has 0 saturated heterocycles. The van der Waals surface area contributed by atoms with Crippen LogP contribution in [0.15, 0.2) is 29.0 Å². The minimum Gasteiger partial charge on any atom is -0.314 e. The van der Waals surface area contributed by atoms with Crippen LogP contribution in [0.4, 0.5) is 0 Å². The molecule has 0 aliphatic heterocycles. The predicted molar refractivity (Wildman–Crippen MR) is 78.2 cm³/mol. The molecule has 2 heterocycles. The Bertz CT molecular complexity index is 431. The van der Waals surface area contributed by atoms with Gasteiger partial charge >= 0.3 is 0 Å². The second-order valence-corrected chi connectivity index (χ2v) is 6.61. The molecular formula is C14H19NS2. The summed E-state index contributed by atoms with van der Waals surface area (Å²) >= 11 is 3.69. The molecule has 2 aromatic heterocycles. The van der Waals surface area contributed by atoms with Crippen molar-refractivity contribution in [2.45, 2.75) is 32.7 Å². The number of thiophene rings is 2. The third kappa shape index (κ3) is 4.26. The highest BCUT2D eigenvalue weighted by Gasteiger charge is 2.04. The van der Waals surface area contributed by atoms with Crippen molar-refractivity contribution in [3.8, 4) is 0 Å². The molecule has 1 unspecified atom stereocenters. The van der Waals surface area contributed by atoms with E-state index in [1.165, 1.54) is 15.3 Å². The highest BCUT2D eigenvalue weighted by atomic mass is 32.1. The molecule has 1 atom stereocenters. The maximum atomic E-state index is 3.59. The average Bonchev–Trinajstić information content (AvgIpc) is 2.90. The Labute approximate surface area is 112 Å². The second kappa shape index (κ2) is 6.34. The van der Waals surface area contributed by atoms with Gasteiger partial charge in [0.15, 0.2) is 0 Å². The van der Waals surface area contributed by atoms with E-state index in [-0.39, 0.29) is 0 Å². The molecule has 17 heavy (non-hydrogen) atoms. The maximum Gasteiger partial charge on any atom is 0.00871 e. The van der Waals surface area contributed by atoms with Gasteiger partial charge in [-0.1, -0.05) is 0 Å². The number of rotatable bonds is 6. The second-order valence-electron chi connectivity index (χ2n) is 4.45. The summed E-state index contributed by atoms with van der Waals surface area (Å²) < 4.78 is 0. The smallest absolute Gasteiger partial charge is 0.00871 e. The SMILES string of the molecule is Cc1ccc(CC(C)NCCc2ccsc2)s1. The summed E-state index contributed by atoms with van der Waals surface area (Å²) in [6.07, 6.45) is 2.28. The normalized spacial score (nSPS) is 12.8. The van der Waals surface area contributed by atoms with Crippen LogP contribution in [0, 0.1) is 6.92 Å². The molecule has 1 nitrogen and oxygen atoms in total. The molecular weight excluding hydrogens is 246 g/mol. The molecule has 0 saturated carbocycles. The van der Waals surface area contributed by atoms with Crippen molar-refractivity contribution in [3.05, 3.63) is 44.3 Å². The fraction of sp³-hybridized carbons (Fsp3) is 0.429. The van der Waals surface area contributed by atoms with Gasteiger partial charge in [-0.05, 0) is 67.8 Å². The minimum atomic E-state index is 0.562. The van der Waals surface area contributed by atoms with Crippen molar-refractivity contribution in [3.63, 3.8) is 0 Å². The summed E-state index contributed by atoms with van der Waals surface area (Å²) in [4.78, 5) is 2.89. The standard InChI is InChI=1S/C14H19NS2/c1-11(9-14-4-3-12(2)17-14)15-7-5-13-6-8-16-10-13/h3-4,6,8,10-11,15H,5,7,9H2,1-2H3. The van der Waals surface area contributed by atoms with Crippen molar-refractivity contribution in [2.24, 2.45) is 0 Å². The van der Waals surface area contributed by atoms with Gasteiger partial charge in [0.25, 0.3) is 0 Å². The van der Waals surface area contributed by atoms with Crippen molar-refractivity contribution >= 4 is 22.7 Å². The first-order valence-electron chi connectivity index (χ1n) is 6.04. The van der Waals surface area contributed by atoms with Crippen LogP contribution in [0.1, 0.15) is 22.2 Å². The minimum absolute atomic E-state index is 0.562. The van der Waals surface area contributed by atoms with Gasteiger partial charge in [0.05, 0.1) is 0 Å². The fourth-order valence-electron chi connectivity index (χ4n) is 1.87. The van der Waals surface area contributed by atoms with E-state index in [0.29, 0.717) is 6.04 Å². The Morgan fingerprint density at radius 2 is 2.18 bits per heavy atom. The molecule has 1 N–H and O–H groups in total. The van der Waals surface area contributed by atoms with Gasteiger partial charge < -0.3 is 5.32 Å². The molecule has 0 spiro atoms. The van der Waals surface area contributed by atoms with Gasteiger partial charge in [0.1, 0.15) is 0 Å². The van der Waals surface area contributed by atoms with Crippen LogP contribution in [0.2, 0.25) is 0 Å². The van der Waals surface area contributed by atoms with Crippen molar-refractivity contribution in [1.82, 2.24) is 5.32 Å². The fourth-order valence-corrected chi connectivity index (χ4v) is 3.59. The monoisotopic (exact) mass is 265 g/mol. The molecule has 0 aliphatic carbocycles. The number of hydrogen-bond donors (Lipinski definition) is 1. The Morgan fingerprint density at radius 3 is 2.82 bits per heavy atom. The van der Waals surface area contributed by atoms with Crippen molar-refractivity contribution in [1.29, 1.82) is 0 Å². The third-order valence-corrected chi connectivity index (χ3v) is 4.55. The molecule has 0 fully saturated rings. The highest BCUT2D eigenvalue weighted by Crippen LogP contribution is 2.16. The van der Waals surface area contributed by atoms with Crippen molar-refractivity contribution < 1.29 is 0 Å². The molecule has 0 aliphatic rings. The van der Waals surface area contributed by atoms with E-state index in [1.807, 2.05) is 11.3 Å². The summed E-state index contributed by atoms with van der Waals surface area (Å²) in [5, 5.41) is 7.97. The van der Waals surface area contributed by atoms with Gasteiger partial charge in [0.2, 0.25) is 0 Å². The van der Waals surface area contributed by atoms with Crippen LogP contribution in [0.3, 0.4) is 0 Å². The first-order valence-corrected chi connectivity index (χ1v) is 7.80. The quantitative estimate of drug-likeness (QED) is 0.836. The lowest BCUT2D eigenvalue weighted by Crippen LogP contribution is -2.29. The average molecular weight is 265 g/mol. The summed E-state index contributed by atoms with van der Waals surface area (Å²) in [6, 6.07) is 7.22. The molecule has 2 rings (SSSR count). The van der Waals surface area contributed by atoms with E-state index in [2.05, 4.69) is 48.1 Å². The van der Waals surface area contributed by atoms with Crippen LogP contribution in [-0.2, 0) is 12.8 Å². The topological polar surface area (TPSA) is 12.0 Å². The Balaban J connectivity index is 1.69. The van der Waals surface area contributed by atoms with Gasteiger partial charge in [-0.15, -0.1) is 11.3 Å². The summed E-state index contributed by atoms with van der Waals surface area (Å²) in [5.74, 6) is 0. The zero-order chi connectivity index (χ0) is 12.1. The van der Waals surface area contributed by atoms with E-state index >= 15 is 0 Å². The van der Waals surface area contributed by atoms with E-state index in [4.69, 9.17) is 0 Å². The van der Waals surface area contributed by atoms with Gasteiger partial charge in [-0.3, -0.25) is 0 Å². The predicted octanol–water partition coefficient (Wildman–Crippen LogP) is 3.88. The molecule has 0 bridgehead atoms. The highest BCUT2D eigenvalue weighted by molar-refractivity contribution is 7.11. The first kappa shape index (κ1) is 12.8. The Hall–Kier alpha value is -0.640. The van der Waals surface area contributed by atoms with E-state index in [0.717, 1.165) is 19.4 Å². The van der Waals surface area contributed by atoms with Crippen LogP contribution < -0.4 is 5.32 Å². The lowest BCUT2D eigenvalue weighted by Gasteiger charge is -2.12. The van der Waals surface area contributed by atoms with E-state index < -0.39 is 0 Å².